The topological polar surface area (TPSA) is 45.7 Å². The molecule has 0 aromatic heterocycles. The SMILES string of the molecule is CN=C(NCCOc1ccccc1C(C)(C)C)NC1CC1. The molecule has 0 saturated heterocycles. The van der Waals surface area contributed by atoms with Crippen LogP contribution in [0.3, 0.4) is 0 Å². The summed E-state index contributed by atoms with van der Waals surface area (Å²) in [6.45, 7) is 7.97. The van der Waals surface area contributed by atoms with Crippen LogP contribution in [-0.4, -0.2) is 32.2 Å². The van der Waals surface area contributed by atoms with E-state index >= 15 is 0 Å². The third kappa shape index (κ3) is 4.96. The quantitative estimate of drug-likeness (QED) is 0.498. The average Bonchev–Trinajstić information content (AvgIpc) is 3.25. The van der Waals surface area contributed by atoms with Crippen LogP contribution in [0.1, 0.15) is 39.2 Å². The molecule has 0 radical (unpaired) electrons. The highest BCUT2D eigenvalue weighted by Crippen LogP contribution is 2.30. The number of hydrogen-bond donors (Lipinski definition) is 2. The zero-order valence-electron chi connectivity index (χ0n) is 13.6. The number of benzene rings is 1. The van der Waals surface area contributed by atoms with Crippen LogP contribution in [0.4, 0.5) is 0 Å². The highest BCUT2D eigenvalue weighted by molar-refractivity contribution is 5.80. The predicted molar refractivity (Wildman–Crippen MR) is 88.2 cm³/mol. The van der Waals surface area contributed by atoms with E-state index in [0.717, 1.165) is 18.3 Å². The van der Waals surface area contributed by atoms with Gasteiger partial charge in [0, 0.05) is 13.1 Å². The van der Waals surface area contributed by atoms with Crippen molar-refractivity contribution in [3.63, 3.8) is 0 Å². The van der Waals surface area contributed by atoms with E-state index < -0.39 is 0 Å². The number of nitrogens with one attached hydrogen (secondary N) is 2. The minimum atomic E-state index is 0.0909. The van der Waals surface area contributed by atoms with Gasteiger partial charge in [-0.1, -0.05) is 39.0 Å². The predicted octanol–water partition coefficient (Wildman–Crippen LogP) is 2.69. The van der Waals surface area contributed by atoms with Crippen molar-refractivity contribution in [2.24, 2.45) is 4.99 Å². The number of nitrogens with zero attached hydrogens (tertiary/aromatic N) is 1. The molecular formula is C17H27N3O. The fourth-order valence-electron chi connectivity index (χ4n) is 2.16. The Bertz CT molecular complexity index is 487. The van der Waals surface area contributed by atoms with E-state index in [1.807, 2.05) is 12.1 Å². The minimum Gasteiger partial charge on any atom is -0.491 e. The summed E-state index contributed by atoms with van der Waals surface area (Å²) in [7, 11) is 1.80. The third-order valence-electron chi connectivity index (χ3n) is 3.49. The Balaban J connectivity index is 1.80. The monoisotopic (exact) mass is 289 g/mol. The van der Waals surface area contributed by atoms with Crippen molar-refractivity contribution in [1.82, 2.24) is 10.6 Å². The molecule has 1 aliphatic carbocycles. The summed E-state index contributed by atoms with van der Waals surface area (Å²) in [5.74, 6) is 1.84. The van der Waals surface area contributed by atoms with Crippen molar-refractivity contribution < 1.29 is 4.74 Å². The van der Waals surface area contributed by atoms with Crippen LogP contribution in [0.15, 0.2) is 29.3 Å². The van der Waals surface area contributed by atoms with E-state index in [1.165, 1.54) is 18.4 Å². The molecule has 0 atom stereocenters. The highest BCUT2D eigenvalue weighted by atomic mass is 16.5. The van der Waals surface area contributed by atoms with Gasteiger partial charge in [-0.2, -0.15) is 0 Å². The van der Waals surface area contributed by atoms with Gasteiger partial charge in [0.1, 0.15) is 12.4 Å². The van der Waals surface area contributed by atoms with E-state index in [-0.39, 0.29) is 5.41 Å². The van der Waals surface area contributed by atoms with E-state index in [1.54, 1.807) is 7.05 Å². The molecule has 1 saturated carbocycles. The normalized spacial score (nSPS) is 15.7. The summed E-state index contributed by atoms with van der Waals surface area (Å²) in [5, 5.41) is 6.64. The number of ether oxygens (including phenoxy) is 1. The Morgan fingerprint density at radius 1 is 1.29 bits per heavy atom. The molecule has 4 nitrogen and oxygen atoms in total. The largest absolute Gasteiger partial charge is 0.491 e. The van der Waals surface area contributed by atoms with Gasteiger partial charge in [-0.05, 0) is 29.9 Å². The van der Waals surface area contributed by atoms with Gasteiger partial charge in [0.25, 0.3) is 0 Å². The summed E-state index contributed by atoms with van der Waals surface area (Å²) in [6, 6.07) is 8.87. The van der Waals surface area contributed by atoms with Crippen LogP contribution in [0.2, 0.25) is 0 Å². The van der Waals surface area contributed by atoms with E-state index in [0.29, 0.717) is 12.6 Å². The molecule has 116 valence electrons. The zero-order chi connectivity index (χ0) is 15.3. The fourth-order valence-corrected chi connectivity index (χ4v) is 2.16. The van der Waals surface area contributed by atoms with Gasteiger partial charge in [0.05, 0.1) is 6.54 Å². The Morgan fingerprint density at radius 2 is 2.00 bits per heavy atom. The van der Waals surface area contributed by atoms with Crippen molar-refractivity contribution in [3.05, 3.63) is 29.8 Å². The molecule has 21 heavy (non-hydrogen) atoms. The van der Waals surface area contributed by atoms with Crippen LogP contribution in [0.5, 0.6) is 5.75 Å². The van der Waals surface area contributed by atoms with Crippen molar-refractivity contribution >= 4 is 5.96 Å². The third-order valence-corrected chi connectivity index (χ3v) is 3.49. The van der Waals surface area contributed by atoms with Crippen molar-refractivity contribution in [1.29, 1.82) is 0 Å². The van der Waals surface area contributed by atoms with Crippen LogP contribution >= 0.6 is 0 Å². The molecule has 0 unspecified atom stereocenters. The number of guanidine groups is 1. The first-order chi connectivity index (χ1) is 10.0. The highest BCUT2D eigenvalue weighted by Gasteiger charge is 2.22. The number of hydrogen-bond acceptors (Lipinski definition) is 2. The van der Waals surface area contributed by atoms with E-state index in [4.69, 9.17) is 4.74 Å². The molecule has 0 bridgehead atoms. The second-order valence-corrected chi connectivity index (χ2v) is 6.51. The molecule has 1 aliphatic rings. The fraction of sp³-hybridized carbons (Fsp3) is 0.588. The second kappa shape index (κ2) is 6.83. The van der Waals surface area contributed by atoms with Crippen LogP contribution in [0, 0.1) is 0 Å². The van der Waals surface area contributed by atoms with E-state index in [2.05, 4.69) is 48.5 Å². The zero-order valence-corrected chi connectivity index (χ0v) is 13.6. The van der Waals surface area contributed by atoms with Gasteiger partial charge in [0.15, 0.2) is 5.96 Å². The molecule has 0 amide bonds. The molecule has 1 aromatic carbocycles. The van der Waals surface area contributed by atoms with Gasteiger partial charge in [0.2, 0.25) is 0 Å². The smallest absolute Gasteiger partial charge is 0.191 e. The van der Waals surface area contributed by atoms with Gasteiger partial charge in [-0.15, -0.1) is 0 Å². The van der Waals surface area contributed by atoms with Crippen molar-refractivity contribution in [2.45, 2.75) is 45.1 Å². The summed E-state index contributed by atoms with van der Waals surface area (Å²) in [4.78, 5) is 4.21. The van der Waals surface area contributed by atoms with Crippen molar-refractivity contribution in [3.8, 4) is 5.75 Å². The molecule has 2 N–H and O–H groups in total. The first kappa shape index (κ1) is 15.7. The minimum absolute atomic E-state index is 0.0909. The standard InChI is InChI=1S/C17H27N3O/c1-17(2,3)14-7-5-6-8-15(14)21-12-11-19-16(18-4)20-13-9-10-13/h5-8,13H,9-12H2,1-4H3,(H2,18,19,20). The van der Waals surface area contributed by atoms with Gasteiger partial charge < -0.3 is 15.4 Å². The Labute approximate surface area is 128 Å². The molecule has 0 aliphatic heterocycles. The molecular weight excluding hydrogens is 262 g/mol. The Morgan fingerprint density at radius 3 is 2.62 bits per heavy atom. The average molecular weight is 289 g/mol. The summed E-state index contributed by atoms with van der Waals surface area (Å²) < 4.78 is 5.93. The molecule has 4 heteroatoms. The van der Waals surface area contributed by atoms with Crippen molar-refractivity contribution in [2.75, 3.05) is 20.2 Å². The molecule has 2 rings (SSSR count). The maximum absolute atomic E-state index is 5.93. The van der Waals surface area contributed by atoms with E-state index in [9.17, 15) is 0 Å². The second-order valence-electron chi connectivity index (χ2n) is 6.51. The molecule has 1 fully saturated rings. The first-order valence-corrected chi connectivity index (χ1v) is 7.70. The lowest BCUT2D eigenvalue weighted by atomic mass is 9.86. The maximum atomic E-state index is 5.93. The summed E-state index contributed by atoms with van der Waals surface area (Å²) >= 11 is 0. The van der Waals surface area contributed by atoms with Crippen LogP contribution in [-0.2, 0) is 5.41 Å². The number of para-hydroxylation sites is 1. The lowest BCUT2D eigenvalue weighted by molar-refractivity contribution is 0.313. The van der Waals surface area contributed by atoms with Crippen LogP contribution < -0.4 is 15.4 Å². The molecule has 1 aromatic rings. The Hall–Kier alpha value is -1.71. The van der Waals surface area contributed by atoms with Gasteiger partial charge >= 0.3 is 0 Å². The summed E-state index contributed by atoms with van der Waals surface area (Å²) in [5.41, 5.74) is 1.33. The van der Waals surface area contributed by atoms with Crippen LogP contribution in [0.25, 0.3) is 0 Å². The number of rotatable bonds is 5. The Kier molecular flexibility index (Phi) is 5.10. The first-order valence-electron chi connectivity index (χ1n) is 7.70. The number of aliphatic imine (C=N–C) groups is 1. The maximum Gasteiger partial charge on any atom is 0.191 e. The lowest BCUT2D eigenvalue weighted by Crippen LogP contribution is -2.40. The summed E-state index contributed by atoms with van der Waals surface area (Å²) in [6.07, 6.45) is 2.49. The molecule has 0 heterocycles. The van der Waals surface area contributed by atoms with Gasteiger partial charge in [-0.25, -0.2) is 0 Å². The van der Waals surface area contributed by atoms with Gasteiger partial charge in [-0.3, -0.25) is 4.99 Å². The lowest BCUT2D eigenvalue weighted by Gasteiger charge is -2.22. The molecule has 0 spiro atoms.